The van der Waals surface area contributed by atoms with Crippen LogP contribution in [0.1, 0.15) is 470 Å². The fourth-order valence-electron chi connectivity index (χ4n) is 13.3. The lowest BCUT2D eigenvalue weighted by molar-refractivity contribution is -0.143. The third-order valence-corrected chi connectivity index (χ3v) is 19.7. The highest BCUT2D eigenvalue weighted by atomic mass is 16.5. The fraction of sp³-hybridized carbons (Fsp3) is 0.906. The first-order chi connectivity index (χ1) is 45.0. The quantitative estimate of drug-likeness (QED) is 0.0320. The van der Waals surface area contributed by atoms with Gasteiger partial charge in [-0.2, -0.15) is 0 Å². The number of carbonyl (C=O) groups is 2. The summed E-state index contributed by atoms with van der Waals surface area (Å²) in [6.45, 7) is 4.98. The Labute approximate surface area is 570 Å². The Hall–Kier alpha value is -1.92. The van der Waals surface area contributed by atoms with Gasteiger partial charge in [-0.15, -0.1) is 0 Å². The zero-order valence-electron chi connectivity index (χ0n) is 61.9. The molecule has 0 bridgehead atoms. The molecule has 0 saturated carbocycles. The van der Waals surface area contributed by atoms with E-state index in [2.05, 4.69) is 55.6 Å². The summed E-state index contributed by atoms with van der Waals surface area (Å²) in [5.41, 5.74) is 0. The molecule has 0 fully saturated rings. The Morgan fingerprint density at radius 1 is 0.308 bits per heavy atom. The fourth-order valence-corrected chi connectivity index (χ4v) is 13.3. The van der Waals surface area contributed by atoms with E-state index in [0.717, 1.165) is 51.4 Å². The van der Waals surface area contributed by atoms with E-state index in [0.29, 0.717) is 25.9 Å². The second-order valence-corrected chi connectivity index (χ2v) is 28.8. The maximum atomic E-state index is 12.6. The van der Waals surface area contributed by atoms with E-state index in [1.807, 2.05) is 0 Å². The molecule has 0 aromatic carbocycles. The van der Waals surface area contributed by atoms with Crippen molar-refractivity contribution in [2.24, 2.45) is 0 Å². The number of unbranched alkanes of at least 4 members (excludes halogenated alkanes) is 62. The molecule has 91 heavy (non-hydrogen) atoms. The molecule has 6 nitrogen and oxygen atoms in total. The molecule has 0 aliphatic rings. The van der Waals surface area contributed by atoms with E-state index in [1.54, 1.807) is 0 Å². The Bertz CT molecular complexity index is 1470. The average Bonchev–Trinajstić information content (AvgIpc) is 3.58. The standard InChI is InChI=1S/C85H163NO5/c1-3-5-7-9-11-13-15-17-19-21-22-23-24-34-37-40-43-46-49-53-57-61-65-69-73-77-83(88)82(81-87)86-84(89)78-74-70-66-62-58-54-50-47-44-41-38-35-32-30-28-26-25-27-29-31-33-36-39-42-45-48-52-56-60-64-68-72-76-80-91-85(90)79-75-71-67-63-59-55-51-20-18-16-14-12-10-8-6-4-2/h14,16,20,29,31,51,82-83,87-88H,3-13,15,17-19,21-28,30,32-50,52-81H2,1-2H3,(H,86,89)/b16-14-,31-29-,51-20-. The minimum atomic E-state index is -0.664. The zero-order valence-corrected chi connectivity index (χ0v) is 61.9. The summed E-state index contributed by atoms with van der Waals surface area (Å²) in [6.07, 6.45) is 105. The molecule has 0 aliphatic carbocycles. The molecule has 2 unspecified atom stereocenters. The van der Waals surface area contributed by atoms with Gasteiger partial charge in [0.2, 0.25) is 5.91 Å². The number of allylic oxidation sites excluding steroid dienone is 6. The highest BCUT2D eigenvalue weighted by Gasteiger charge is 2.20. The topological polar surface area (TPSA) is 95.9 Å². The van der Waals surface area contributed by atoms with Crippen molar-refractivity contribution in [3.05, 3.63) is 36.5 Å². The Morgan fingerprint density at radius 2 is 0.549 bits per heavy atom. The van der Waals surface area contributed by atoms with Gasteiger partial charge in [0.25, 0.3) is 0 Å². The molecule has 3 N–H and O–H groups in total. The van der Waals surface area contributed by atoms with Crippen LogP contribution in [-0.4, -0.2) is 47.4 Å². The highest BCUT2D eigenvalue weighted by molar-refractivity contribution is 5.76. The summed E-state index contributed by atoms with van der Waals surface area (Å²) in [4.78, 5) is 24.7. The summed E-state index contributed by atoms with van der Waals surface area (Å²) in [6, 6.07) is -0.541. The maximum Gasteiger partial charge on any atom is 0.305 e. The van der Waals surface area contributed by atoms with E-state index in [9.17, 15) is 19.8 Å². The molecule has 6 heteroatoms. The van der Waals surface area contributed by atoms with Crippen LogP contribution < -0.4 is 5.32 Å². The van der Waals surface area contributed by atoms with Crippen LogP contribution >= 0.6 is 0 Å². The molecule has 2 atom stereocenters. The van der Waals surface area contributed by atoms with Crippen molar-refractivity contribution in [1.82, 2.24) is 5.32 Å². The Balaban J connectivity index is 3.36. The first-order valence-electron chi connectivity index (χ1n) is 41.7. The lowest BCUT2D eigenvalue weighted by atomic mass is 10.0. The Kier molecular flexibility index (Phi) is 78.8. The number of aliphatic hydroxyl groups excluding tert-OH is 2. The minimum Gasteiger partial charge on any atom is -0.466 e. The summed E-state index contributed by atoms with van der Waals surface area (Å²) in [7, 11) is 0. The molecular formula is C85H163NO5. The molecule has 0 rings (SSSR count). The first kappa shape index (κ1) is 89.1. The second-order valence-electron chi connectivity index (χ2n) is 28.8. The monoisotopic (exact) mass is 1280 g/mol. The van der Waals surface area contributed by atoms with Crippen molar-refractivity contribution in [2.75, 3.05) is 13.2 Å². The van der Waals surface area contributed by atoms with Crippen LogP contribution in [0.3, 0.4) is 0 Å². The van der Waals surface area contributed by atoms with E-state index in [4.69, 9.17) is 4.74 Å². The van der Waals surface area contributed by atoms with Gasteiger partial charge in [0, 0.05) is 12.8 Å². The SMILES string of the molecule is CCCCCC/C=C\C/C=C\CCCCCCCC(=O)OCCCCCCCCCCCCCC/C=C\CCCCCCCCCCCCCCCCCCCC(=O)NC(CO)C(O)CCCCCCCCCCCCCCCCCCCCCCCCCCC. The van der Waals surface area contributed by atoms with Crippen LogP contribution in [0, 0.1) is 0 Å². The number of esters is 1. The summed E-state index contributed by atoms with van der Waals surface area (Å²) >= 11 is 0. The van der Waals surface area contributed by atoms with Gasteiger partial charge in [-0.3, -0.25) is 9.59 Å². The van der Waals surface area contributed by atoms with Gasteiger partial charge in [-0.25, -0.2) is 0 Å². The molecule has 0 aromatic heterocycles. The minimum absolute atomic E-state index is 0.00607. The summed E-state index contributed by atoms with van der Waals surface area (Å²) in [5.74, 6) is -0.0200. The smallest absolute Gasteiger partial charge is 0.305 e. The van der Waals surface area contributed by atoms with E-state index < -0.39 is 12.1 Å². The maximum absolute atomic E-state index is 12.6. The van der Waals surface area contributed by atoms with E-state index in [1.165, 1.54) is 385 Å². The number of hydrogen-bond acceptors (Lipinski definition) is 5. The van der Waals surface area contributed by atoms with Gasteiger partial charge in [-0.05, 0) is 83.5 Å². The van der Waals surface area contributed by atoms with Crippen molar-refractivity contribution in [3.63, 3.8) is 0 Å². The van der Waals surface area contributed by atoms with Crippen molar-refractivity contribution >= 4 is 11.9 Å². The van der Waals surface area contributed by atoms with Gasteiger partial charge in [0.15, 0.2) is 0 Å². The number of ether oxygens (including phenoxy) is 1. The van der Waals surface area contributed by atoms with Gasteiger partial charge >= 0.3 is 5.97 Å². The second kappa shape index (κ2) is 80.5. The van der Waals surface area contributed by atoms with Crippen LogP contribution in [0.2, 0.25) is 0 Å². The number of amides is 1. The first-order valence-corrected chi connectivity index (χ1v) is 41.7. The van der Waals surface area contributed by atoms with Gasteiger partial charge < -0.3 is 20.3 Å². The van der Waals surface area contributed by atoms with Gasteiger partial charge in [0.05, 0.1) is 25.4 Å². The molecule has 0 saturated heterocycles. The lowest BCUT2D eigenvalue weighted by Gasteiger charge is -2.22. The molecular weight excluding hydrogens is 1110 g/mol. The third kappa shape index (κ3) is 77.0. The van der Waals surface area contributed by atoms with Crippen molar-refractivity contribution < 1.29 is 24.5 Å². The molecule has 0 aromatic rings. The van der Waals surface area contributed by atoms with Crippen LogP contribution in [0.4, 0.5) is 0 Å². The number of nitrogens with one attached hydrogen (secondary N) is 1. The molecule has 0 spiro atoms. The Morgan fingerprint density at radius 3 is 0.857 bits per heavy atom. The molecule has 538 valence electrons. The zero-order chi connectivity index (χ0) is 65.6. The van der Waals surface area contributed by atoms with Crippen LogP contribution in [0.15, 0.2) is 36.5 Å². The number of aliphatic hydroxyl groups is 2. The van der Waals surface area contributed by atoms with Crippen molar-refractivity contribution in [1.29, 1.82) is 0 Å². The molecule has 0 radical (unpaired) electrons. The molecule has 0 aliphatic heterocycles. The van der Waals surface area contributed by atoms with Crippen molar-refractivity contribution in [2.45, 2.75) is 482 Å². The van der Waals surface area contributed by atoms with Crippen LogP contribution in [0.25, 0.3) is 0 Å². The normalized spacial score (nSPS) is 12.6. The largest absolute Gasteiger partial charge is 0.466 e. The molecule has 1 amide bonds. The summed E-state index contributed by atoms with van der Waals surface area (Å²) in [5, 5.41) is 23.5. The lowest BCUT2D eigenvalue weighted by Crippen LogP contribution is -2.45. The van der Waals surface area contributed by atoms with E-state index >= 15 is 0 Å². The average molecular weight is 1280 g/mol. The number of rotatable bonds is 79. The predicted molar refractivity (Wildman–Crippen MR) is 403 cm³/mol. The van der Waals surface area contributed by atoms with Gasteiger partial charge in [0.1, 0.15) is 0 Å². The third-order valence-electron chi connectivity index (χ3n) is 19.7. The highest BCUT2D eigenvalue weighted by Crippen LogP contribution is 2.20. The van der Waals surface area contributed by atoms with E-state index in [-0.39, 0.29) is 18.5 Å². The summed E-state index contributed by atoms with van der Waals surface area (Å²) < 4.78 is 5.50. The number of hydrogen-bond donors (Lipinski definition) is 3. The van der Waals surface area contributed by atoms with Crippen LogP contribution in [0.5, 0.6) is 0 Å². The molecule has 0 heterocycles. The van der Waals surface area contributed by atoms with Crippen LogP contribution in [-0.2, 0) is 14.3 Å². The number of carbonyl (C=O) groups excluding carboxylic acids is 2. The predicted octanol–water partition coefficient (Wildman–Crippen LogP) is 27.8. The van der Waals surface area contributed by atoms with Gasteiger partial charge in [-0.1, -0.05) is 410 Å². The van der Waals surface area contributed by atoms with Crippen molar-refractivity contribution in [3.8, 4) is 0 Å².